The van der Waals surface area contributed by atoms with Crippen LogP contribution >= 0.6 is 11.8 Å². The summed E-state index contributed by atoms with van der Waals surface area (Å²) in [5.41, 5.74) is -0.513. The maximum Gasteiger partial charge on any atom is 0.416 e. The highest BCUT2D eigenvalue weighted by Gasteiger charge is 2.49. The third-order valence-corrected chi connectivity index (χ3v) is 7.20. The van der Waals surface area contributed by atoms with E-state index in [4.69, 9.17) is 5.26 Å². The van der Waals surface area contributed by atoms with Crippen molar-refractivity contribution in [2.75, 3.05) is 16.4 Å². The number of benzene rings is 1. The Hall–Kier alpha value is -2.06. The molecule has 2 atom stereocenters. The molecule has 0 radical (unpaired) electrons. The minimum absolute atomic E-state index is 0.0923. The predicted octanol–water partition coefficient (Wildman–Crippen LogP) is 2.22. The number of fused-ring (bicyclic) bond motifs is 1. The number of rotatable bonds is 2. The number of hydrogen-bond donors (Lipinski definition) is 0. The fraction of sp³-hybridized carbons (Fsp3) is 0.400. The van der Waals surface area contributed by atoms with Crippen molar-refractivity contribution in [2.45, 2.75) is 23.9 Å². The fourth-order valence-corrected chi connectivity index (χ4v) is 6.82. The van der Waals surface area contributed by atoms with Gasteiger partial charge in [-0.05, 0) is 24.3 Å². The van der Waals surface area contributed by atoms with Gasteiger partial charge in [0.25, 0.3) is 5.91 Å². The molecular weight excluding hydrogens is 391 g/mol. The standard InChI is InChI=1S/C15H12F3N3O3S2/c16-15(17,18)9-1-3-10(4-2-9)21-11-7-26(23,24)8-12(11)25-14(21)20-13(22)5-6-19/h1-4,11-12H,5,7-8H2. The first-order valence-electron chi connectivity index (χ1n) is 7.43. The van der Waals surface area contributed by atoms with Crippen LogP contribution in [0.2, 0.25) is 0 Å². The van der Waals surface area contributed by atoms with E-state index in [0.29, 0.717) is 5.69 Å². The van der Waals surface area contributed by atoms with Crippen molar-refractivity contribution in [3.8, 4) is 6.07 Å². The molecule has 0 spiro atoms. The number of amidine groups is 1. The molecule has 0 saturated carbocycles. The SMILES string of the molecule is N#CCC(=O)N=C1SC2CS(=O)(=O)CC2N1c1ccc(C(F)(F)F)cc1. The molecule has 2 heterocycles. The van der Waals surface area contributed by atoms with Crippen LogP contribution < -0.4 is 4.90 Å². The van der Waals surface area contributed by atoms with Crippen LogP contribution in [-0.4, -0.2) is 42.3 Å². The van der Waals surface area contributed by atoms with Crippen LogP contribution in [0.1, 0.15) is 12.0 Å². The van der Waals surface area contributed by atoms with Crippen LogP contribution in [-0.2, 0) is 20.8 Å². The number of anilines is 1. The van der Waals surface area contributed by atoms with E-state index >= 15 is 0 Å². The van der Waals surface area contributed by atoms with Gasteiger partial charge in [0.05, 0.1) is 29.2 Å². The van der Waals surface area contributed by atoms with E-state index in [-0.39, 0.29) is 21.9 Å². The van der Waals surface area contributed by atoms with E-state index in [1.54, 1.807) is 6.07 Å². The molecule has 1 aromatic rings. The van der Waals surface area contributed by atoms with Gasteiger partial charge in [-0.1, -0.05) is 11.8 Å². The molecule has 2 unspecified atom stereocenters. The number of halogens is 3. The quantitative estimate of drug-likeness (QED) is 0.752. The van der Waals surface area contributed by atoms with E-state index in [1.165, 1.54) is 17.0 Å². The van der Waals surface area contributed by atoms with Gasteiger partial charge in [0.15, 0.2) is 15.0 Å². The van der Waals surface area contributed by atoms with Crippen molar-refractivity contribution < 1.29 is 26.4 Å². The molecule has 0 bridgehead atoms. The summed E-state index contributed by atoms with van der Waals surface area (Å²) in [5, 5.41) is 8.42. The van der Waals surface area contributed by atoms with E-state index < -0.39 is 39.9 Å². The van der Waals surface area contributed by atoms with Crippen LogP contribution in [0.25, 0.3) is 0 Å². The molecule has 2 saturated heterocycles. The number of hydrogen-bond acceptors (Lipinski definition) is 5. The number of aliphatic imine (C=N–C) groups is 1. The van der Waals surface area contributed by atoms with Crippen molar-refractivity contribution in [3.63, 3.8) is 0 Å². The zero-order chi connectivity index (χ0) is 19.1. The molecule has 11 heteroatoms. The molecule has 0 aromatic heterocycles. The Morgan fingerprint density at radius 2 is 1.96 bits per heavy atom. The van der Waals surface area contributed by atoms with E-state index in [0.717, 1.165) is 23.9 Å². The summed E-state index contributed by atoms with van der Waals surface area (Å²) in [7, 11) is -3.27. The van der Waals surface area contributed by atoms with Gasteiger partial charge in [0, 0.05) is 10.9 Å². The first-order valence-corrected chi connectivity index (χ1v) is 10.1. The van der Waals surface area contributed by atoms with Gasteiger partial charge in [0.2, 0.25) is 0 Å². The normalized spacial score (nSPS) is 25.9. The summed E-state index contributed by atoms with van der Waals surface area (Å²) in [5.74, 6) is -0.947. The number of nitrogens with zero attached hydrogens (tertiary/aromatic N) is 3. The summed E-state index contributed by atoms with van der Waals surface area (Å²) in [6.07, 6.45) is -4.92. The number of carbonyl (C=O) groups is 1. The van der Waals surface area contributed by atoms with E-state index in [1.807, 2.05) is 0 Å². The van der Waals surface area contributed by atoms with Crippen LogP contribution in [0.15, 0.2) is 29.3 Å². The highest BCUT2D eigenvalue weighted by molar-refractivity contribution is 8.16. The van der Waals surface area contributed by atoms with Gasteiger partial charge in [-0.3, -0.25) is 4.79 Å². The Morgan fingerprint density at radius 3 is 2.54 bits per heavy atom. The molecule has 0 N–H and O–H groups in total. The van der Waals surface area contributed by atoms with Crippen molar-refractivity contribution >= 4 is 38.4 Å². The average molecular weight is 403 g/mol. The predicted molar refractivity (Wildman–Crippen MR) is 90.4 cm³/mol. The highest BCUT2D eigenvalue weighted by atomic mass is 32.2. The molecule has 2 fully saturated rings. The first kappa shape index (κ1) is 18.7. The monoisotopic (exact) mass is 403 g/mol. The van der Waals surface area contributed by atoms with Gasteiger partial charge in [-0.2, -0.15) is 23.4 Å². The molecule has 138 valence electrons. The lowest BCUT2D eigenvalue weighted by Crippen LogP contribution is -2.37. The van der Waals surface area contributed by atoms with Crippen LogP contribution in [0, 0.1) is 11.3 Å². The van der Waals surface area contributed by atoms with Crippen molar-refractivity contribution in [2.24, 2.45) is 4.99 Å². The van der Waals surface area contributed by atoms with Crippen molar-refractivity contribution in [1.29, 1.82) is 5.26 Å². The number of nitriles is 1. The third kappa shape index (κ3) is 3.71. The molecule has 6 nitrogen and oxygen atoms in total. The molecule has 1 aromatic carbocycles. The second kappa shape index (κ2) is 6.59. The van der Waals surface area contributed by atoms with E-state index in [9.17, 15) is 26.4 Å². The number of carbonyl (C=O) groups excluding carboxylic acids is 1. The fourth-order valence-electron chi connectivity index (χ4n) is 2.89. The largest absolute Gasteiger partial charge is 0.416 e. The second-order valence-corrected chi connectivity index (χ2v) is 9.20. The lowest BCUT2D eigenvalue weighted by Gasteiger charge is -2.24. The van der Waals surface area contributed by atoms with Crippen LogP contribution in [0.3, 0.4) is 0 Å². The zero-order valence-electron chi connectivity index (χ0n) is 13.1. The summed E-state index contributed by atoms with van der Waals surface area (Å²) in [6, 6.07) is 5.40. The first-order chi connectivity index (χ1) is 12.1. The van der Waals surface area contributed by atoms with Gasteiger partial charge < -0.3 is 4.90 Å². The van der Waals surface area contributed by atoms with Crippen LogP contribution in [0.4, 0.5) is 18.9 Å². The number of alkyl halides is 3. The Morgan fingerprint density at radius 1 is 1.31 bits per heavy atom. The summed E-state index contributed by atoms with van der Waals surface area (Å²) in [6.45, 7) is 0. The molecule has 3 rings (SSSR count). The molecule has 1 amide bonds. The number of amides is 1. The maximum absolute atomic E-state index is 12.8. The maximum atomic E-state index is 12.8. The van der Waals surface area contributed by atoms with Gasteiger partial charge >= 0.3 is 6.18 Å². The average Bonchev–Trinajstić information content (AvgIpc) is 2.97. The molecule has 2 aliphatic heterocycles. The number of thioether (sulfide) groups is 1. The zero-order valence-corrected chi connectivity index (χ0v) is 14.7. The molecule has 0 aliphatic carbocycles. The van der Waals surface area contributed by atoms with Crippen LogP contribution in [0.5, 0.6) is 0 Å². The Labute approximate surface area is 151 Å². The minimum Gasteiger partial charge on any atom is -0.316 e. The lowest BCUT2D eigenvalue weighted by atomic mass is 10.1. The van der Waals surface area contributed by atoms with Gasteiger partial charge in [-0.15, -0.1) is 0 Å². The summed E-state index contributed by atoms with van der Waals surface area (Å²) >= 11 is 1.09. The number of sulfone groups is 1. The summed E-state index contributed by atoms with van der Waals surface area (Å²) < 4.78 is 62.1. The van der Waals surface area contributed by atoms with E-state index in [2.05, 4.69) is 4.99 Å². The third-order valence-electron chi connectivity index (χ3n) is 3.99. The van der Waals surface area contributed by atoms with Crippen molar-refractivity contribution in [3.05, 3.63) is 29.8 Å². The molecule has 26 heavy (non-hydrogen) atoms. The Bertz CT molecular complexity index is 905. The minimum atomic E-state index is -4.49. The smallest absolute Gasteiger partial charge is 0.316 e. The second-order valence-electron chi connectivity index (χ2n) is 5.84. The Kier molecular flexibility index (Phi) is 4.74. The highest BCUT2D eigenvalue weighted by Crippen LogP contribution is 2.41. The van der Waals surface area contributed by atoms with Crippen molar-refractivity contribution in [1.82, 2.24) is 0 Å². The Balaban J connectivity index is 1.98. The summed E-state index contributed by atoms with van der Waals surface area (Å²) in [4.78, 5) is 17.0. The molecule has 2 aliphatic rings. The molecular formula is C15H12F3N3O3S2. The van der Waals surface area contributed by atoms with Gasteiger partial charge in [0.1, 0.15) is 6.42 Å². The lowest BCUT2D eigenvalue weighted by molar-refractivity contribution is -0.137. The van der Waals surface area contributed by atoms with Gasteiger partial charge in [-0.25, -0.2) is 8.42 Å². The topological polar surface area (TPSA) is 90.6 Å².